The molecule has 0 unspecified atom stereocenters. The predicted molar refractivity (Wildman–Crippen MR) is 68.5 cm³/mol. The van der Waals surface area contributed by atoms with E-state index in [1.54, 1.807) is 0 Å². The lowest BCUT2D eigenvalue weighted by Gasteiger charge is -2.26. The fourth-order valence-electron chi connectivity index (χ4n) is 2.00. The number of piperidine rings is 1. The Balaban J connectivity index is 2.15. The highest BCUT2D eigenvalue weighted by atomic mass is 35.5. The molecule has 0 aliphatic carbocycles. The molecule has 1 aromatic heterocycles. The van der Waals surface area contributed by atoms with Crippen molar-refractivity contribution in [1.82, 2.24) is 4.90 Å². The predicted octanol–water partition coefficient (Wildman–Crippen LogP) is 3.59. The number of thiophene rings is 1. The second-order valence-electron chi connectivity index (χ2n) is 4.11. The lowest BCUT2D eigenvalue weighted by Crippen LogP contribution is -2.35. The van der Waals surface area contributed by atoms with Crippen molar-refractivity contribution in [1.29, 1.82) is 0 Å². The molecule has 0 atom stereocenters. The molecule has 0 saturated carbocycles. The van der Waals surface area contributed by atoms with Crippen LogP contribution in [0.5, 0.6) is 0 Å². The first-order chi connectivity index (χ1) is 7.72. The molecule has 1 aromatic rings. The number of aryl methyl sites for hydroxylation is 1. The Labute approximate surface area is 105 Å². The van der Waals surface area contributed by atoms with Crippen molar-refractivity contribution >= 4 is 28.8 Å². The summed E-state index contributed by atoms with van der Waals surface area (Å²) in [6, 6.07) is 1.95. The van der Waals surface area contributed by atoms with E-state index in [9.17, 15) is 4.79 Å². The van der Waals surface area contributed by atoms with Crippen LogP contribution in [0.2, 0.25) is 4.34 Å². The Morgan fingerprint density at radius 2 is 2.12 bits per heavy atom. The summed E-state index contributed by atoms with van der Waals surface area (Å²) in [6.07, 6.45) is 4.42. The van der Waals surface area contributed by atoms with Crippen molar-refractivity contribution in [2.45, 2.75) is 32.6 Å². The Morgan fingerprint density at radius 3 is 2.69 bits per heavy atom. The van der Waals surface area contributed by atoms with Gasteiger partial charge in [0, 0.05) is 18.0 Å². The molecule has 0 aromatic carbocycles. The summed E-state index contributed by atoms with van der Waals surface area (Å²) >= 11 is 7.63. The SMILES string of the molecule is CCc1cc(C(=O)N2CCCCC2)c(Cl)s1. The molecule has 0 spiro atoms. The quantitative estimate of drug-likeness (QED) is 0.793. The summed E-state index contributed by atoms with van der Waals surface area (Å²) < 4.78 is 0.646. The third-order valence-corrected chi connectivity index (χ3v) is 4.46. The largest absolute Gasteiger partial charge is 0.339 e. The van der Waals surface area contributed by atoms with Crippen LogP contribution in [-0.2, 0) is 6.42 Å². The first-order valence-corrected chi connectivity index (χ1v) is 6.99. The number of nitrogens with zero attached hydrogens (tertiary/aromatic N) is 1. The molecule has 0 N–H and O–H groups in total. The van der Waals surface area contributed by atoms with E-state index in [1.807, 2.05) is 11.0 Å². The molecule has 2 heterocycles. The van der Waals surface area contributed by atoms with Gasteiger partial charge in [-0.3, -0.25) is 4.79 Å². The zero-order valence-corrected chi connectivity index (χ0v) is 11.0. The highest BCUT2D eigenvalue weighted by Gasteiger charge is 2.21. The van der Waals surface area contributed by atoms with Crippen LogP contribution in [0.1, 0.15) is 41.4 Å². The maximum absolute atomic E-state index is 12.2. The topological polar surface area (TPSA) is 20.3 Å². The molecule has 16 heavy (non-hydrogen) atoms. The van der Waals surface area contributed by atoms with Crippen LogP contribution in [0.25, 0.3) is 0 Å². The summed E-state index contributed by atoms with van der Waals surface area (Å²) in [6.45, 7) is 3.84. The monoisotopic (exact) mass is 257 g/mol. The minimum Gasteiger partial charge on any atom is -0.339 e. The van der Waals surface area contributed by atoms with Crippen LogP contribution >= 0.6 is 22.9 Å². The van der Waals surface area contributed by atoms with Gasteiger partial charge >= 0.3 is 0 Å². The molecule has 4 heteroatoms. The second-order valence-corrected chi connectivity index (χ2v) is 5.85. The van der Waals surface area contributed by atoms with Gasteiger partial charge in [-0.2, -0.15) is 0 Å². The number of hydrogen-bond acceptors (Lipinski definition) is 2. The average Bonchev–Trinajstić information content (AvgIpc) is 2.71. The van der Waals surface area contributed by atoms with E-state index in [-0.39, 0.29) is 5.91 Å². The van der Waals surface area contributed by atoms with E-state index < -0.39 is 0 Å². The van der Waals surface area contributed by atoms with Gasteiger partial charge in [-0.25, -0.2) is 0 Å². The molecule has 88 valence electrons. The Hall–Kier alpha value is -0.540. The second kappa shape index (κ2) is 5.19. The Kier molecular flexibility index (Phi) is 3.87. The molecule has 1 aliphatic heterocycles. The zero-order chi connectivity index (χ0) is 11.5. The third kappa shape index (κ3) is 2.41. The van der Waals surface area contributed by atoms with Crippen molar-refractivity contribution in [3.05, 3.63) is 20.8 Å². The molecular weight excluding hydrogens is 242 g/mol. The Bertz CT molecular complexity index is 382. The van der Waals surface area contributed by atoms with Crippen LogP contribution in [0.15, 0.2) is 6.07 Å². The molecular formula is C12H16ClNOS. The lowest BCUT2D eigenvalue weighted by atomic mass is 10.1. The van der Waals surface area contributed by atoms with Gasteiger partial charge in [0.2, 0.25) is 0 Å². The minimum absolute atomic E-state index is 0.112. The smallest absolute Gasteiger partial charge is 0.256 e. The van der Waals surface area contributed by atoms with Gasteiger partial charge in [0.25, 0.3) is 5.91 Å². The molecule has 0 bridgehead atoms. The number of rotatable bonds is 2. The first kappa shape index (κ1) is 11.9. The minimum atomic E-state index is 0.112. The number of hydrogen-bond donors (Lipinski definition) is 0. The number of carbonyl (C=O) groups excluding carboxylic acids is 1. The van der Waals surface area contributed by atoms with Crippen molar-refractivity contribution in [3.8, 4) is 0 Å². The normalized spacial score (nSPS) is 16.5. The van der Waals surface area contributed by atoms with Crippen LogP contribution in [0.4, 0.5) is 0 Å². The van der Waals surface area contributed by atoms with Gasteiger partial charge in [-0.15, -0.1) is 11.3 Å². The van der Waals surface area contributed by atoms with Crippen molar-refractivity contribution in [2.24, 2.45) is 0 Å². The fraction of sp³-hybridized carbons (Fsp3) is 0.583. The number of carbonyl (C=O) groups is 1. The van der Waals surface area contributed by atoms with Crippen molar-refractivity contribution < 1.29 is 4.79 Å². The molecule has 1 saturated heterocycles. The third-order valence-electron chi connectivity index (χ3n) is 2.96. The zero-order valence-electron chi connectivity index (χ0n) is 9.46. The van der Waals surface area contributed by atoms with Crippen LogP contribution < -0.4 is 0 Å². The number of likely N-dealkylation sites (tertiary alicyclic amines) is 1. The molecule has 1 fully saturated rings. The van der Waals surface area contributed by atoms with Crippen LogP contribution in [0, 0.1) is 0 Å². The number of halogens is 1. The summed E-state index contributed by atoms with van der Waals surface area (Å²) in [5.41, 5.74) is 0.699. The van der Waals surface area contributed by atoms with Gasteiger partial charge in [0.1, 0.15) is 4.34 Å². The van der Waals surface area contributed by atoms with E-state index in [4.69, 9.17) is 11.6 Å². The average molecular weight is 258 g/mol. The van der Waals surface area contributed by atoms with Crippen molar-refractivity contribution in [2.75, 3.05) is 13.1 Å². The highest BCUT2D eigenvalue weighted by molar-refractivity contribution is 7.16. The van der Waals surface area contributed by atoms with E-state index in [0.717, 1.165) is 32.4 Å². The molecule has 1 aliphatic rings. The summed E-state index contributed by atoms with van der Waals surface area (Å²) in [4.78, 5) is 15.3. The van der Waals surface area contributed by atoms with Gasteiger partial charge in [0.15, 0.2) is 0 Å². The summed E-state index contributed by atoms with van der Waals surface area (Å²) in [7, 11) is 0. The maximum atomic E-state index is 12.2. The molecule has 2 rings (SSSR count). The first-order valence-electron chi connectivity index (χ1n) is 5.80. The summed E-state index contributed by atoms with van der Waals surface area (Å²) in [5, 5.41) is 0. The van der Waals surface area contributed by atoms with E-state index in [2.05, 4.69) is 6.92 Å². The fourth-order valence-corrected chi connectivity index (χ4v) is 3.24. The van der Waals surface area contributed by atoms with Gasteiger partial charge in [-0.1, -0.05) is 18.5 Å². The van der Waals surface area contributed by atoms with Crippen LogP contribution in [0.3, 0.4) is 0 Å². The maximum Gasteiger partial charge on any atom is 0.256 e. The van der Waals surface area contributed by atoms with Gasteiger partial charge in [0.05, 0.1) is 5.56 Å². The molecule has 2 nitrogen and oxygen atoms in total. The molecule has 1 amide bonds. The summed E-state index contributed by atoms with van der Waals surface area (Å²) in [5.74, 6) is 0.112. The number of amides is 1. The van der Waals surface area contributed by atoms with Crippen LogP contribution in [-0.4, -0.2) is 23.9 Å². The van der Waals surface area contributed by atoms with E-state index in [1.165, 1.54) is 22.6 Å². The molecule has 0 radical (unpaired) electrons. The van der Waals surface area contributed by atoms with Gasteiger partial charge < -0.3 is 4.90 Å². The Morgan fingerprint density at radius 1 is 1.44 bits per heavy atom. The standard InChI is InChI=1S/C12H16ClNOS/c1-2-9-8-10(11(13)16-9)12(15)14-6-4-3-5-7-14/h8H,2-7H2,1H3. The highest BCUT2D eigenvalue weighted by Crippen LogP contribution is 2.29. The van der Waals surface area contributed by atoms with E-state index in [0.29, 0.717) is 9.90 Å². The van der Waals surface area contributed by atoms with Crippen molar-refractivity contribution in [3.63, 3.8) is 0 Å². The lowest BCUT2D eigenvalue weighted by molar-refractivity contribution is 0.0725. The van der Waals surface area contributed by atoms with Gasteiger partial charge in [-0.05, 0) is 31.7 Å². The van der Waals surface area contributed by atoms with E-state index >= 15 is 0 Å².